The van der Waals surface area contributed by atoms with E-state index in [2.05, 4.69) is 0 Å². The van der Waals surface area contributed by atoms with Gasteiger partial charge in [0.25, 0.3) is 5.91 Å². The minimum absolute atomic E-state index is 0.121. The molecule has 1 N–H and O–H groups in total. The zero-order chi connectivity index (χ0) is 22.8. The van der Waals surface area contributed by atoms with E-state index >= 15 is 0 Å². The quantitative estimate of drug-likeness (QED) is 0.618. The van der Waals surface area contributed by atoms with Crippen LogP contribution in [0.15, 0.2) is 53.3 Å². The third kappa shape index (κ3) is 2.85. The second kappa shape index (κ2) is 6.98. The fourth-order valence-corrected chi connectivity index (χ4v) is 4.72. The molecule has 3 aromatic rings. The molecule has 2 aliphatic heterocycles. The summed E-state index contributed by atoms with van der Waals surface area (Å²) >= 11 is 0. The van der Waals surface area contributed by atoms with Crippen LogP contribution in [0.3, 0.4) is 0 Å². The van der Waals surface area contributed by atoms with Gasteiger partial charge in [0.1, 0.15) is 12.4 Å². The number of carbonyl (C=O) groups is 1. The molecule has 5 rings (SSSR count). The van der Waals surface area contributed by atoms with Gasteiger partial charge >= 0.3 is 11.9 Å². The van der Waals surface area contributed by atoms with Crippen molar-refractivity contribution < 1.29 is 27.5 Å². The number of likely N-dealkylation sites (tertiary alicyclic amines) is 1. The Morgan fingerprint density at radius 3 is 2.59 bits per heavy atom. The number of amides is 1. The number of imidazole rings is 1. The molecular formula is C22H17F4N3O3. The molecule has 32 heavy (non-hydrogen) atoms. The molecule has 1 fully saturated rings. The third-order valence-corrected chi connectivity index (χ3v) is 6.14. The van der Waals surface area contributed by atoms with E-state index in [0.717, 1.165) is 22.8 Å². The third-order valence-electron chi connectivity index (χ3n) is 6.14. The van der Waals surface area contributed by atoms with Crippen molar-refractivity contribution in [3.05, 3.63) is 81.4 Å². The van der Waals surface area contributed by atoms with E-state index in [1.807, 2.05) is 0 Å². The standard InChI is InChI=1S/C22H17F4N3O3/c23-10-12-4-1-2-7-16(12)19(30)27-11-15-9-17(27)18-20(31)29(21(32)28(15)18)14-6-3-5-13(8-14)22(24,25)26/h1-8,15,17,31H,9-11H2/t15?,17-/m1/s1. The number of carbonyl (C=O) groups excluding carboxylic acids is 1. The highest BCUT2D eigenvalue weighted by Gasteiger charge is 2.49. The normalized spacial score (nSPS) is 19.4. The molecule has 3 heterocycles. The van der Waals surface area contributed by atoms with Crippen molar-refractivity contribution in [3.63, 3.8) is 0 Å². The van der Waals surface area contributed by atoms with E-state index in [9.17, 15) is 32.3 Å². The molecule has 2 aliphatic rings. The summed E-state index contributed by atoms with van der Waals surface area (Å²) < 4.78 is 54.9. The van der Waals surface area contributed by atoms with Gasteiger partial charge in [0.05, 0.1) is 23.3 Å². The first-order valence-corrected chi connectivity index (χ1v) is 9.91. The fourth-order valence-electron chi connectivity index (χ4n) is 4.72. The molecule has 10 heteroatoms. The van der Waals surface area contributed by atoms with Gasteiger partial charge in [-0.25, -0.2) is 13.8 Å². The van der Waals surface area contributed by atoms with Crippen molar-refractivity contribution in [2.24, 2.45) is 0 Å². The van der Waals surface area contributed by atoms with E-state index in [1.54, 1.807) is 12.1 Å². The highest BCUT2D eigenvalue weighted by molar-refractivity contribution is 5.96. The Labute approximate surface area is 178 Å². The topological polar surface area (TPSA) is 67.5 Å². The second-order valence-electron chi connectivity index (χ2n) is 7.90. The number of alkyl halides is 4. The summed E-state index contributed by atoms with van der Waals surface area (Å²) in [5.41, 5.74) is -1.12. The Kier molecular flexibility index (Phi) is 4.44. The monoisotopic (exact) mass is 447 g/mol. The van der Waals surface area contributed by atoms with E-state index < -0.39 is 48.0 Å². The van der Waals surface area contributed by atoms with E-state index in [4.69, 9.17) is 0 Å². The molecule has 2 aromatic carbocycles. The number of hydrogen-bond donors (Lipinski definition) is 1. The average molecular weight is 447 g/mol. The van der Waals surface area contributed by atoms with Crippen molar-refractivity contribution in [2.45, 2.75) is 31.4 Å². The predicted molar refractivity (Wildman–Crippen MR) is 105 cm³/mol. The lowest BCUT2D eigenvalue weighted by Gasteiger charge is -2.28. The molecule has 0 spiro atoms. The molecule has 1 aromatic heterocycles. The minimum atomic E-state index is -4.61. The number of aromatic nitrogens is 2. The van der Waals surface area contributed by atoms with Crippen LogP contribution in [-0.4, -0.2) is 31.6 Å². The number of benzene rings is 2. The van der Waals surface area contributed by atoms with Gasteiger partial charge in [-0.15, -0.1) is 0 Å². The Hall–Kier alpha value is -3.56. The van der Waals surface area contributed by atoms with Gasteiger partial charge in [-0.05, 0) is 36.2 Å². The van der Waals surface area contributed by atoms with Crippen LogP contribution in [0.2, 0.25) is 0 Å². The average Bonchev–Trinajstić information content (AvgIpc) is 3.44. The van der Waals surface area contributed by atoms with E-state index in [1.165, 1.54) is 27.7 Å². The van der Waals surface area contributed by atoms with Crippen molar-refractivity contribution >= 4 is 5.91 Å². The van der Waals surface area contributed by atoms with Crippen molar-refractivity contribution in [3.8, 4) is 11.6 Å². The molecule has 1 amide bonds. The maximum absolute atomic E-state index is 13.3. The van der Waals surface area contributed by atoms with Crippen molar-refractivity contribution in [1.82, 2.24) is 14.0 Å². The molecule has 1 unspecified atom stereocenters. The van der Waals surface area contributed by atoms with Gasteiger partial charge in [0.2, 0.25) is 5.88 Å². The molecule has 2 atom stereocenters. The van der Waals surface area contributed by atoms with Gasteiger partial charge in [0.15, 0.2) is 0 Å². The number of fused-ring (bicyclic) bond motifs is 5. The Balaban J connectivity index is 1.56. The maximum Gasteiger partial charge on any atom is 0.416 e. The minimum Gasteiger partial charge on any atom is -0.493 e. The number of rotatable bonds is 3. The van der Waals surface area contributed by atoms with Crippen molar-refractivity contribution in [2.75, 3.05) is 6.54 Å². The molecule has 166 valence electrons. The largest absolute Gasteiger partial charge is 0.493 e. The molecule has 0 saturated carbocycles. The molecule has 0 aliphatic carbocycles. The smallest absolute Gasteiger partial charge is 0.416 e. The van der Waals surface area contributed by atoms with Crippen molar-refractivity contribution in [1.29, 1.82) is 0 Å². The van der Waals surface area contributed by atoms with Crippen LogP contribution in [0.5, 0.6) is 5.88 Å². The van der Waals surface area contributed by atoms with Gasteiger partial charge in [-0.1, -0.05) is 24.3 Å². The van der Waals surface area contributed by atoms with Crippen LogP contribution in [-0.2, 0) is 12.9 Å². The Morgan fingerprint density at radius 2 is 1.88 bits per heavy atom. The molecule has 0 radical (unpaired) electrons. The van der Waals surface area contributed by atoms with E-state index in [0.29, 0.717) is 6.42 Å². The van der Waals surface area contributed by atoms with Gasteiger partial charge in [-0.2, -0.15) is 13.2 Å². The summed E-state index contributed by atoms with van der Waals surface area (Å²) in [5.74, 6) is -0.922. The van der Waals surface area contributed by atoms with Gasteiger partial charge in [-0.3, -0.25) is 9.36 Å². The lowest BCUT2D eigenvalue weighted by atomic mass is 10.1. The summed E-state index contributed by atoms with van der Waals surface area (Å²) in [4.78, 5) is 27.6. The highest BCUT2D eigenvalue weighted by Crippen LogP contribution is 2.49. The number of hydrogen-bond acceptors (Lipinski definition) is 3. The maximum atomic E-state index is 13.3. The summed E-state index contributed by atoms with van der Waals surface area (Å²) in [7, 11) is 0. The number of aromatic hydroxyl groups is 1. The Morgan fingerprint density at radius 1 is 1.12 bits per heavy atom. The van der Waals surface area contributed by atoms with Gasteiger partial charge < -0.3 is 10.0 Å². The van der Waals surface area contributed by atoms with Crippen LogP contribution in [0.25, 0.3) is 5.69 Å². The highest BCUT2D eigenvalue weighted by atomic mass is 19.4. The fraction of sp³-hybridized carbons (Fsp3) is 0.273. The zero-order valence-electron chi connectivity index (χ0n) is 16.5. The molecule has 1 saturated heterocycles. The lowest BCUT2D eigenvalue weighted by Crippen LogP contribution is -2.38. The molecular weight excluding hydrogens is 430 g/mol. The first-order valence-electron chi connectivity index (χ1n) is 9.91. The first-order chi connectivity index (χ1) is 15.2. The number of halogens is 4. The van der Waals surface area contributed by atoms with Crippen LogP contribution < -0.4 is 5.69 Å². The summed E-state index contributed by atoms with van der Waals surface area (Å²) in [6.07, 6.45) is -4.21. The van der Waals surface area contributed by atoms with Gasteiger partial charge in [0, 0.05) is 12.1 Å². The zero-order valence-corrected chi connectivity index (χ0v) is 16.5. The lowest BCUT2D eigenvalue weighted by molar-refractivity contribution is -0.137. The first kappa shape index (κ1) is 20.3. The van der Waals surface area contributed by atoms with Crippen LogP contribution in [0.4, 0.5) is 17.6 Å². The second-order valence-corrected chi connectivity index (χ2v) is 7.90. The number of nitrogens with zero attached hydrogens (tertiary/aromatic N) is 3. The van der Waals surface area contributed by atoms with Crippen LogP contribution in [0.1, 0.15) is 45.7 Å². The van der Waals surface area contributed by atoms with E-state index in [-0.39, 0.29) is 29.1 Å². The Bertz CT molecular complexity index is 1290. The SMILES string of the molecule is O=C(c1ccccc1CF)N1CC2C[C@@H]1c1c(O)n(-c3cccc(C(F)(F)F)c3)c(=O)n12. The summed E-state index contributed by atoms with van der Waals surface area (Å²) in [5, 5.41) is 10.8. The summed E-state index contributed by atoms with van der Waals surface area (Å²) in [6.45, 7) is -0.630. The molecule has 2 bridgehead atoms. The predicted octanol–water partition coefficient (Wildman–Crippen LogP) is 3.97. The summed E-state index contributed by atoms with van der Waals surface area (Å²) in [6, 6.07) is 9.34. The van der Waals surface area contributed by atoms with Crippen LogP contribution >= 0.6 is 0 Å². The van der Waals surface area contributed by atoms with Crippen LogP contribution in [0, 0.1) is 0 Å². The molecule has 6 nitrogen and oxygen atoms in total.